The maximum Gasteiger partial charge on any atom is 1.00 e. The van der Waals surface area contributed by atoms with Crippen LogP contribution in [0.2, 0.25) is 0 Å². The Morgan fingerprint density at radius 1 is 1.20 bits per heavy atom. The molecule has 0 aromatic rings. The van der Waals surface area contributed by atoms with Crippen LogP contribution in [-0.2, 0) is 9.78 Å². The van der Waals surface area contributed by atoms with Gasteiger partial charge < -0.3 is 15.0 Å². The van der Waals surface area contributed by atoms with Crippen LogP contribution in [0.25, 0.3) is 0 Å². The minimum absolute atomic E-state index is 0. The van der Waals surface area contributed by atoms with Gasteiger partial charge in [-0.1, -0.05) is 13.8 Å². The molecule has 0 aliphatic heterocycles. The van der Waals surface area contributed by atoms with Crippen molar-refractivity contribution in [3.63, 3.8) is 0 Å². The van der Waals surface area contributed by atoms with Crippen molar-refractivity contribution in [2.24, 2.45) is 0 Å². The number of rotatable bonds is 5. The van der Waals surface area contributed by atoms with Crippen molar-refractivity contribution in [2.75, 3.05) is 0 Å². The van der Waals surface area contributed by atoms with Gasteiger partial charge in [0.1, 0.15) is 0 Å². The number of carboxylic acid groups (broad SMARTS) is 2. The molecule has 0 rings (SSSR count). The zero-order valence-corrected chi connectivity index (χ0v) is 12.1. The van der Waals surface area contributed by atoms with E-state index < -0.39 is 6.16 Å². The van der Waals surface area contributed by atoms with Crippen molar-refractivity contribution in [3.05, 3.63) is 0 Å². The van der Waals surface area contributed by atoms with E-state index in [9.17, 15) is 0 Å². The summed E-state index contributed by atoms with van der Waals surface area (Å²) in [6, 6.07) is 0. The molecule has 0 radical (unpaired) electrons. The molecular weight excluding hydrogens is 211 g/mol. The first-order valence-corrected chi connectivity index (χ1v) is 4.66. The van der Waals surface area contributed by atoms with Crippen LogP contribution in [0.15, 0.2) is 0 Å². The molecular formula is C9H19NaO5. The summed E-state index contributed by atoms with van der Waals surface area (Å²) in [5, 5.41) is 15.3. The zero-order chi connectivity index (χ0) is 11.6. The van der Waals surface area contributed by atoms with Crippen LogP contribution in [0.3, 0.4) is 0 Å². The van der Waals surface area contributed by atoms with Gasteiger partial charge in [0, 0.05) is 0 Å². The van der Waals surface area contributed by atoms with Crippen LogP contribution in [0.1, 0.15) is 40.5 Å². The van der Waals surface area contributed by atoms with Crippen LogP contribution in [-0.4, -0.2) is 23.5 Å². The fourth-order valence-corrected chi connectivity index (χ4v) is 0.326. The molecule has 6 heteroatoms. The van der Waals surface area contributed by atoms with Gasteiger partial charge in [-0.25, -0.2) is 9.78 Å². The van der Waals surface area contributed by atoms with Crippen molar-refractivity contribution in [2.45, 2.75) is 52.7 Å². The first kappa shape index (κ1) is 20.6. The van der Waals surface area contributed by atoms with Gasteiger partial charge in [0.2, 0.25) is 6.16 Å². The summed E-state index contributed by atoms with van der Waals surface area (Å²) in [6.07, 6.45) is 0.343. The van der Waals surface area contributed by atoms with E-state index in [0.717, 1.165) is 12.8 Å². The van der Waals surface area contributed by atoms with Crippen LogP contribution in [0, 0.1) is 0 Å². The second-order valence-corrected chi connectivity index (χ2v) is 2.90. The number of carbonyl (C=O) groups is 1. The predicted molar refractivity (Wildman–Crippen MR) is 49.7 cm³/mol. The number of hydrogen-bond acceptors (Lipinski definition) is 4. The van der Waals surface area contributed by atoms with E-state index in [4.69, 9.17) is 24.8 Å². The molecule has 0 amide bonds. The Morgan fingerprint density at radius 2 is 1.40 bits per heavy atom. The summed E-state index contributed by atoms with van der Waals surface area (Å²) in [7, 11) is 0. The average Bonchev–Trinajstić information content (AvgIpc) is 2.12. The van der Waals surface area contributed by atoms with Crippen molar-refractivity contribution >= 4 is 6.16 Å². The third kappa shape index (κ3) is 25.0. The largest absolute Gasteiger partial charge is 1.00 e. The molecule has 0 bridgehead atoms. The monoisotopic (exact) mass is 230 g/mol. The summed E-state index contributed by atoms with van der Waals surface area (Å²) < 4.78 is 0. The summed E-state index contributed by atoms with van der Waals surface area (Å²) in [5.41, 5.74) is 0. The topological polar surface area (TPSA) is 78.8 Å². The van der Waals surface area contributed by atoms with Crippen LogP contribution >= 0.6 is 0 Å². The Hall–Kier alpha value is 0.190. The quantitative estimate of drug-likeness (QED) is 0.350. The first-order valence-electron chi connectivity index (χ1n) is 4.66. The van der Waals surface area contributed by atoms with Crippen LogP contribution < -0.4 is 34.7 Å². The van der Waals surface area contributed by atoms with E-state index in [1.165, 1.54) is 0 Å². The third-order valence-electron chi connectivity index (χ3n) is 1.53. The summed E-state index contributed by atoms with van der Waals surface area (Å²) in [5.74, 6) is 0. The average molecular weight is 230 g/mol. The molecule has 0 aliphatic carbocycles. The number of hydrogen-bond donors (Lipinski definition) is 1. The van der Waals surface area contributed by atoms with E-state index in [2.05, 4.69) is 13.8 Å². The summed E-state index contributed by atoms with van der Waals surface area (Å²) >= 11 is 0. The van der Waals surface area contributed by atoms with Crippen molar-refractivity contribution < 1.29 is 54.3 Å². The molecule has 0 spiro atoms. The molecule has 0 aromatic carbocycles. The molecule has 2 unspecified atom stereocenters. The van der Waals surface area contributed by atoms with Gasteiger partial charge in [-0.3, -0.25) is 0 Å². The molecule has 0 aliphatic rings. The second-order valence-electron chi connectivity index (χ2n) is 2.90. The molecule has 2 atom stereocenters. The van der Waals surface area contributed by atoms with E-state index in [-0.39, 0.29) is 41.8 Å². The van der Waals surface area contributed by atoms with E-state index >= 15 is 0 Å². The van der Waals surface area contributed by atoms with E-state index in [0.29, 0.717) is 0 Å². The molecule has 86 valence electrons. The van der Waals surface area contributed by atoms with Gasteiger partial charge in [-0.05, 0) is 26.7 Å². The van der Waals surface area contributed by atoms with Crippen LogP contribution in [0.4, 0.5) is 4.79 Å². The zero-order valence-electron chi connectivity index (χ0n) is 10.1. The van der Waals surface area contributed by atoms with Crippen molar-refractivity contribution in [3.8, 4) is 0 Å². The third-order valence-corrected chi connectivity index (χ3v) is 1.53. The molecule has 15 heavy (non-hydrogen) atoms. The summed E-state index contributed by atoms with van der Waals surface area (Å²) in [6.45, 7) is 8.15. The molecule has 0 aromatic heterocycles. The Balaban J connectivity index is -0.000000249. The molecule has 0 saturated heterocycles. The Labute approximate surface area is 113 Å². The van der Waals surface area contributed by atoms with Crippen molar-refractivity contribution in [1.29, 1.82) is 0 Å². The maximum absolute atomic E-state index is 8.44. The first-order chi connectivity index (χ1) is 6.43. The standard InChI is InChI=1S/C8H18O2.CH2O3.Na/c1-5-7(3)9-10-8(4)6-2;2-1(3)4;/h7-8H,5-6H2,1-4H3;(H2,2,3,4);/q;;+1/p-1. The SMILES string of the molecule is CCC(C)OOC(C)CC.O=C([O-])O.[Na+]. The molecule has 0 saturated carbocycles. The molecule has 0 fully saturated rings. The van der Waals surface area contributed by atoms with E-state index in [1.807, 2.05) is 13.8 Å². The normalized spacial score (nSPS) is 12.8. The van der Waals surface area contributed by atoms with Gasteiger partial charge >= 0.3 is 29.6 Å². The van der Waals surface area contributed by atoms with Crippen molar-refractivity contribution in [1.82, 2.24) is 0 Å². The fraction of sp³-hybridized carbons (Fsp3) is 0.889. The Bertz CT molecular complexity index is 128. The Kier molecular flexibility index (Phi) is 19.5. The van der Waals surface area contributed by atoms with E-state index in [1.54, 1.807) is 0 Å². The second kappa shape index (κ2) is 14.2. The van der Waals surface area contributed by atoms with Gasteiger partial charge in [-0.15, -0.1) is 0 Å². The van der Waals surface area contributed by atoms with Gasteiger partial charge in [0.15, 0.2) is 0 Å². The maximum atomic E-state index is 8.44. The van der Waals surface area contributed by atoms with Gasteiger partial charge in [0.25, 0.3) is 0 Å². The van der Waals surface area contributed by atoms with Gasteiger partial charge in [0.05, 0.1) is 12.2 Å². The fourth-order valence-electron chi connectivity index (χ4n) is 0.326. The van der Waals surface area contributed by atoms with Gasteiger partial charge in [-0.2, -0.15) is 0 Å². The molecule has 5 nitrogen and oxygen atoms in total. The molecule has 1 N–H and O–H groups in total. The smallest absolute Gasteiger partial charge is 0.565 e. The molecule has 0 heterocycles. The minimum atomic E-state index is -2.08. The summed E-state index contributed by atoms with van der Waals surface area (Å²) in [4.78, 5) is 18.5. The minimum Gasteiger partial charge on any atom is -0.565 e. The predicted octanol–water partition coefficient (Wildman–Crippen LogP) is -1.58. The van der Waals surface area contributed by atoms with Crippen LogP contribution in [0.5, 0.6) is 0 Å². The Morgan fingerprint density at radius 3 is 1.53 bits per heavy atom.